The Morgan fingerprint density at radius 1 is 0.683 bits per heavy atom. The van der Waals surface area contributed by atoms with Crippen molar-refractivity contribution in [2.45, 2.75) is 51.9 Å². The van der Waals surface area contributed by atoms with Gasteiger partial charge in [-0.25, -0.2) is 0 Å². The molecule has 0 bridgehead atoms. The third kappa shape index (κ3) is 5.37. The third-order valence-corrected chi connectivity index (χ3v) is 8.18. The monoisotopic (exact) mass is 711 g/mol. The fourth-order valence-corrected chi connectivity index (χ4v) is 6.65. The van der Waals surface area contributed by atoms with Crippen LogP contribution in [0.4, 0.5) is 0 Å². The summed E-state index contributed by atoms with van der Waals surface area (Å²) in [5.41, 5.74) is 10.1. The molecule has 1 radical (unpaired) electrons. The number of rotatable bonds is 2. The van der Waals surface area contributed by atoms with Gasteiger partial charge in [0.1, 0.15) is 0 Å². The van der Waals surface area contributed by atoms with Crippen molar-refractivity contribution >= 4 is 21.7 Å². The average molecular weight is 711 g/mol. The number of hydrogen-bond donors (Lipinski definition) is 0. The van der Waals surface area contributed by atoms with Gasteiger partial charge < -0.3 is 9.97 Å². The minimum atomic E-state index is 0. The largest absolute Gasteiger partial charge is 0.305 e. The zero-order valence-corrected chi connectivity index (χ0v) is 26.6. The van der Waals surface area contributed by atoms with Crippen LogP contribution in [-0.2, 0) is 30.9 Å². The number of aryl methyl sites for hydroxylation is 1. The molecule has 0 aliphatic heterocycles. The van der Waals surface area contributed by atoms with Crippen LogP contribution in [0.1, 0.15) is 50.8 Å². The summed E-state index contributed by atoms with van der Waals surface area (Å²) in [5.74, 6) is 0. The second-order valence-electron chi connectivity index (χ2n) is 12.1. The summed E-state index contributed by atoms with van der Waals surface area (Å²) in [6.07, 6.45) is 5.07. The van der Waals surface area contributed by atoms with E-state index in [1.54, 1.807) is 6.20 Å². The second-order valence-corrected chi connectivity index (χ2v) is 12.1. The van der Waals surface area contributed by atoms with E-state index in [2.05, 4.69) is 100 Å². The molecular formula is C38H34IrN2-2. The summed E-state index contributed by atoms with van der Waals surface area (Å²) in [7, 11) is 0. The Morgan fingerprint density at radius 2 is 1.44 bits per heavy atom. The predicted molar refractivity (Wildman–Crippen MR) is 167 cm³/mol. The fourth-order valence-electron chi connectivity index (χ4n) is 6.65. The SMILES string of the molecule is Cc1ccccc1-c1cc[c-]c2c1ccc1c3c(cnc12)C(C)(C)CC3(C)C.[Ir].[c-]1ccccc1-c1ccccn1. The van der Waals surface area contributed by atoms with E-state index < -0.39 is 0 Å². The Kier molecular flexibility index (Phi) is 7.97. The maximum absolute atomic E-state index is 4.97. The van der Waals surface area contributed by atoms with Gasteiger partial charge in [-0.3, -0.25) is 0 Å². The predicted octanol–water partition coefficient (Wildman–Crippen LogP) is 9.67. The van der Waals surface area contributed by atoms with E-state index in [1.165, 1.54) is 38.6 Å². The Bertz CT molecular complexity index is 1790. The molecule has 0 saturated carbocycles. The number of nitrogens with zero attached hydrogens (tertiary/aromatic N) is 2. The molecule has 41 heavy (non-hydrogen) atoms. The van der Waals surface area contributed by atoms with Gasteiger partial charge in [0.25, 0.3) is 0 Å². The van der Waals surface area contributed by atoms with E-state index in [9.17, 15) is 0 Å². The van der Waals surface area contributed by atoms with Gasteiger partial charge >= 0.3 is 0 Å². The third-order valence-electron chi connectivity index (χ3n) is 8.18. The van der Waals surface area contributed by atoms with Crippen molar-refractivity contribution in [2.24, 2.45) is 0 Å². The van der Waals surface area contributed by atoms with Gasteiger partial charge in [-0.1, -0.05) is 87.2 Å². The molecule has 2 aromatic heterocycles. The summed E-state index contributed by atoms with van der Waals surface area (Å²) >= 11 is 0. The normalized spacial score (nSPS) is 14.6. The maximum atomic E-state index is 4.97. The van der Waals surface area contributed by atoms with Gasteiger partial charge in [-0.2, -0.15) is 0 Å². The van der Waals surface area contributed by atoms with Crippen LogP contribution in [-0.4, -0.2) is 9.97 Å². The maximum Gasteiger partial charge on any atom is 0.0201 e. The number of pyridine rings is 2. The van der Waals surface area contributed by atoms with Crippen LogP contribution in [0.2, 0.25) is 0 Å². The van der Waals surface area contributed by atoms with Crippen LogP contribution in [0, 0.1) is 19.1 Å². The number of aromatic nitrogens is 2. The van der Waals surface area contributed by atoms with Crippen molar-refractivity contribution in [3.8, 4) is 22.4 Å². The molecule has 2 heterocycles. The van der Waals surface area contributed by atoms with E-state index in [0.717, 1.165) is 28.6 Å². The fraction of sp³-hybridized carbons (Fsp3) is 0.211. The number of fused-ring (bicyclic) bond motifs is 5. The molecule has 0 amide bonds. The molecule has 0 fully saturated rings. The molecule has 3 heteroatoms. The number of benzene rings is 4. The Morgan fingerprint density at radius 3 is 2.17 bits per heavy atom. The molecule has 2 nitrogen and oxygen atoms in total. The quantitative estimate of drug-likeness (QED) is 0.132. The molecule has 1 aliphatic rings. The Labute approximate surface area is 257 Å². The first-order valence-electron chi connectivity index (χ1n) is 14.0. The summed E-state index contributed by atoms with van der Waals surface area (Å²) in [6.45, 7) is 11.6. The van der Waals surface area contributed by atoms with E-state index in [-0.39, 0.29) is 30.9 Å². The molecule has 207 valence electrons. The van der Waals surface area contributed by atoms with Crippen LogP contribution in [0.3, 0.4) is 0 Å². The molecule has 0 atom stereocenters. The van der Waals surface area contributed by atoms with Crippen LogP contribution in [0.15, 0.2) is 103 Å². The molecule has 0 N–H and O–H groups in total. The van der Waals surface area contributed by atoms with Crippen molar-refractivity contribution in [3.05, 3.63) is 132 Å². The molecule has 0 saturated heterocycles. The smallest absolute Gasteiger partial charge is 0.0201 e. The zero-order valence-electron chi connectivity index (χ0n) is 24.2. The second kappa shape index (κ2) is 11.3. The van der Waals surface area contributed by atoms with Gasteiger partial charge in [0.2, 0.25) is 0 Å². The van der Waals surface area contributed by atoms with Crippen molar-refractivity contribution in [1.29, 1.82) is 0 Å². The van der Waals surface area contributed by atoms with E-state index in [1.807, 2.05) is 48.5 Å². The summed E-state index contributed by atoms with van der Waals surface area (Å²) in [5, 5.41) is 3.65. The molecular weight excluding hydrogens is 677 g/mol. The van der Waals surface area contributed by atoms with Crippen molar-refractivity contribution in [3.63, 3.8) is 0 Å². The van der Waals surface area contributed by atoms with Gasteiger partial charge in [-0.05, 0) is 69.1 Å². The van der Waals surface area contributed by atoms with E-state index >= 15 is 0 Å². The van der Waals surface area contributed by atoms with Crippen molar-refractivity contribution in [2.75, 3.05) is 0 Å². The molecule has 0 spiro atoms. The van der Waals surface area contributed by atoms with E-state index in [4.69, 9.17) is 4.98 Å². The minimum absolute atomic E-state index is 0. The molecule has 4 aromatic carbocycles. The Balaban J connectivity index is 0.000000218. The van der Waals surface area contributed by atoms with Crippen molar-refractivity contribution in [1.82, 2.24) is 9.97 Å². The first-order valence-corrected chi connectivity index (χ1v) is 14.0. The summed E-state index contributed by atoms with van der Waals surface area (Å²) < 4.78 is 0. The minimum Gasteiger partial charge on any atom is -0.305 e. The Hall–Kier alpha value is -3.65. The molecule has 1 aliphatic carbocycles. The number of hydrogen-bond acceptors (Lipinski definition) is 2. The standard InChI is InChI=1S/C27H26N.C11H8N.Ir/c1-17-9-6-7-10-18(17)19-11-8-12-21-20(19)13-14-22-24-23(15-28-25(21)22)26(2,3)16-27(24,4)5;1-2-6-10(7-3-1)11-8-4-5-9-12-11;/h6-11,13-15H,16H2,1-5H3;1-6,8-9H;/q2*-1;. The molecule has 6 aromatic rings. The summed E-state index contributed by atoms with van der Waals surface area (Å²) in [6, 6.07) is 37.7. The first kappa shape index (κ1) is 28.9. The first-order chi connectivity index (χ1) is 19.3. The van der Waals surface area contributed by atoms with Crippen LogP contribution in [0.5, 0.6) is 0 Å². The van der Waals surface area contributed by atoms with Gasteiger partial charge in [0, 0.05) is 32.5 Å². The van der Waals surface area contributed by atoms with Crippen LogP contribution in [0.25, 0.3) is 44.1 Å². The topological polar surface area (TPSA) is 25.8 Å². The summed E-state index contributed by atoms with van der Waals surface area (Å²) in [4.78, 5) is 9.19. The van der Waals surface area contributed by atoms with Gasteiger partial charge in [0.15, 0.2) is 0 Å². The zero-order chi connectivity index (χ0) is 27.9. The van der Waals surface area contributed by atoms with E-state index in [0.29, 0.717) is 0 Å². The van der Waals surface area contributed by atoms with Crippen LogP contribution < -0.4 is 0 Å². The van der Waals surface area contributed by atoms with Gasteiger partial charge in [0.05, 0.1) is 0 Å². The van der Waals surface area contributed by atoms with Gasteiger partial charge in [-0.15, -0.1) is 59.5 Å². The molecule has 7 rings (SSSR count). The van der Waals surface area contributed by atoms with Crippen LogP contribution >= 0.6 is 0 Å². The average Bonchev–Trinajstić information content (AvgIpc) is 3.17. The molecule has 0 unspecified atom stereocenters. The van der Waals surface area contributed by atoms with Crippen molar-refractivity contribution < 1.29 is 20.1 Å².